The molecule has 142 valence electrons. The van der Waals surface area contributed by atoms with Crippen molar-refractivity contribution >= 4 is 11.8 Å². The maximum absolute atomic E-state index is 5.85. The van der Waals surface area contributed by atoms with Crippen molar-refractivity contribution in [3.05, 3.63) is 41.5 Å². The van der Waals surface area contributed by atoms with Crippen LogP contribution in [0.5, 0.6) is 5.75 Å². The first kappa shape index (κ1) is 18.1. The molecule has 7 heteroatoms. The molecule has 6 nitrogen and oxygen atoms in total. The average molecular weight is 385 g/mol. The largest absolute Gasteiger partial charge is 0.497 e. The third-order valence-corrected chi connectivity index (χ3v) is 6.11. The van der Waals surface area contributed by atoms with E-state index in [9.17, 15) is 0 Å². The van der Waals surface area contributed by atoms with Crippen LogP contribution in [0.15, 0.2) is 33.8 Å². The van der Waals surface area contributed by atoms with Gasteiger partial charge in [-0.3, -0.25) is 0 Å². The molecule has 1 aliphatic carbocycles. The summed E-state index contributed by atoms with van der Waals surface area (Å²) in [6.45, 7) is 4.25. The highest BCUT2D eigenvalue weighted by Gasteiger charge is 2.23. The zero-order chi connectivity index (χ0) is 18.8. The lowest BCUT2D eigenvalue weighted by Gasteiger charge is -2.16. The zero-order valence-corrected chi connectivity index (χ0v) is 16.8. The van der Waals surface area contributed by atoms with Crippen molar-refractivity contribution in [2.75, 3.05) is 7.11 Å². The summed E-state index contributed by atoms with van der Waals surface area (Å²) >= 11 is 1.67. The van der Waals surface area contributed by atoms with Gasteiger partial charge in [0.25, 0.3) is 0 Å². The van der Waals surface area contributed by atoms with E-state index in [2.05, 4.69) is 28.6 Å². The second kappa shape index (κ2) is 7.76. The number of methoxy groups -OCH3 is 1. The summed E-state index contributed by atoms with van der Waals surface area (Å²) in [5.74, 6) is 2.56. The van der Waals surface area contributed by atoms with Crippen molar-refractivity contribution in [2.24, 2.45) is 0 Å². The van der Waals surface area contributed by atoms with Gasteiger partial charge in [0.1, 0.15) is 5.75 Å². The third kappa shape index (κ3) is 3.74. The Morgan fingerprint density at radius 3 is 2.59 bits per heavy atom. The topological polar surface area (TPSA) is 66.0 Å². The molecule has 0 saturated heterocycles. The summed E-state index contributed by atoms with van der Waals surface area (Å²) in [6, 6.07) is 8.19. The van der Waals surface area contributed by atoms with E-state index in [0.29, 0.717) is 23.6 Å². The molecule has 0 amide bonds. The van der Waals surface area contributed by atoms with E-state index in [1.165, 1.54) is 31.4 Å². The molecule has 0 atom stereocenters. The van der Waals surface area contributed by atoms with Gasteiger partial charge >= 0.3 is 0 Å². The molecule has 2 heterocycles. The maximum atomic E-state index is 5.85. The van der Waals surface area contributed by atoms with Crippen molar-refractivity contribution in [1.29, 1.82) is 0 Å². The van der Waals surface area contributed by atoms with Gasteiger partial charge in [0, 0.05) is 17.3 Å². The number of rotatable bonds is 6. The minimum absolute atomic E-state index is 0.528. The fraction of sp³-hybridized carbons (Fsp3) is 0.450. The molecule has 0 aliphatic heterocycles. The number of thioether (sulfide) groups is 1. The van der Waals surface area contributed by atoms with Crippen LogP contribution in [0, 0.1) is 13.8 Å². The lowest BCUT2D eigenvalue weighted by molar-refractivity contribution is 0.415. The number of aromatic nitrogens is 4. The second-order valence-corrected chi connectivity index (χ2v) is 7.83. The molecule has 1 aliphatic rings. The van der Waals surface area contributed by atoms with Gasteiger partial charge in [-0.25, -0.2) is 4.98 Å². The van der Waals surface area contributed by atoms with E-state index >= 15 is 0 Å². The first-order valence-corrected chi connectivity index (χ1v) is 10.3. The number of hydrogen-bond donors (Lipinski definition) is 0. The standard InChI is InChI=1S/C20H24N4O2S/c1-13-14(2)24(16-6-4-5-7-16)20(21-13)27-12-18-22-23-19(26-18)15-8-10-17(25-3)11-9-15/h8-11,16H,4-7,12H2,1-3H3. The quantitative estimate of drug-likeness (QED) is 0.559. The van der Waals surface area contributed by atoms with E-state index in [4.69, 9.17) is 14.1 Å². The van der Waals surface area contributed by atoms with Crippen molar-refractivity contribution < 1.29 is 9.15 Å². The first-order valence-electron chi connectivity index (χ1n) is 9.30. The van der Waals surface area contributed by atoms with Gasteiger partial charge < -0.3 is 13.7 Å². The molecule has 0 unspecified atom stereocenters. The van der Waals surface area contributed by atoms with Gasteiger partial charge in [0.15, 0.2) is 5.16 Å². The molecular formula is C20H24N4O2S. The minimum Gasteiger partial charge on any atom is -0.497 e. The SMILES string of the molecule is COc1ccc(-c2nnc(CSc3nc(C)c(C)n3C3CCCC3)o2)cc1. The average Bonchev–Trinajstić information content (AvgIpc) is 3.42. The Morgan fingerprint density at radius 1 is 1.15 bits per heavy atom. The second-order valence-electron chi connectivity index (χ2n) is 6.89. The number of ether oxygens (including phenoxy) is 1. The third-order valence-electron chi connectivity index (χ3n) is 5.17. The molecule has 0 N–H and O–H groups in total. The summed E-state index contributed by atoms with van der Waals surface area (Å²) in [5, 5.41) is 9.44. The van der Waals surface area contributed by atoms with Crippen LogP contribution in [0.1, 0.15) is 49.0 Å². The predicted octanol–water partition coefficient (Wildman–Crippen LogP) is 4.97. The molecule has 0 spiro atoms. The highest BCUT2D eigenvalue weighted by atomic mass is 32.2. The Labute approximate surface area is 163 Å². The fourth-order valence-corrected chi connectivity index (χ4v) is 4.57. The highest BCUT2D eigenvalue weighted by molar-refractivity contribution is 7.98. The Bertz CT molecular complexity index is 911. The summed E-state index contributed by atoms with van der Waals surface area (Å²) in [4.78, 5) is 4.78. The van der Waals surface area contributed by atoms with Crippen molar-refractivity contribution in [3.8, 4) is 17.2 Å². The van der Waals surface area contributed by atoms with E-state index < -0.39 is 0 Å². The van der Waals surface area contributed by atoms with Gasteiger partial charge in [-0.05, 0) is 51.0 Å². The summed E-state index contributed by atoms with van der Waals surface area (Å²) < 4.78 is 13.4. The van der Waals surface area contributed by atoms with Crippen LogP contribution in [-0.2, 0) is 5.75 Å². The zero-order valence-electron chi connectivity index (χ0n) is 15.9. The number of imidazole rings is 1. The predicted molar refractivity (Wildman–Crippen MR) is 105 cm³/mol. The molecule has 3 aromatic rings. The van der Waals surface area contributed by atoms with Crippen LogP contribution in [0.4, 0.5) is 0 Å². The van der Waals surface area contributed by atoms with Gasteiger partial charge in [-0.2, -0.15) is 0 Å². The Morgan fingerprint density at radius 2 is 1.89 bits per heavy atom. The van der Waals surface area contributed by atoms with E-state index in [1.54, 1.807) is 18.9 Å². The van der Waals surface area contributed by atoms with Crippen LogP contribution in [0.2, 0.25) is 0 Å². The lowest BCUT2D eigenvalue weighted by Crippen LogP contribution is -2.08. The van der Waals surface area contributed by atoms with Crippen LogP contribution in [0.25, 0.3) is 11.5 Å². The monoisotopic (exact) mass is 384 g/mol. The highest BCUT2D eigenvalue weighted by Crippen LogP contribution is 2.36. The maximum Gasteiger partial charge on any atom is 0.247 e. The molecule has 0 radical (unpaired) electrons. The molecule has 0 bridgehead atoms. The molecule has 2 aromatic heterocycles. The molecule has 1 saturated carbocycles. The van der Waals surface area contributed by atoms with Crippen LogP contribution in [-0.4, -0.2) is 26.9 Å². The van der Waals surface area contributed by atoms with Crippen LogP contribution < -0.4 is 4.74 Å². The van der Waals surface area contributed by atoms with Crippen molar-refractivity contribution in [1.82, 2.24) is 19.7 Å². The number of aryl methyl sites for hydroxylation is 1. The van der Waals surface area contributed by atoms with Gasteiger partial charge in [-0.15, -0.1) is 10.2 Å². The van der Waals surface area contributed by atoms with E-state index in [1.807, 2.05) is 24.3 Å². The van der Waals surface area contributed by atoms with E-state index in [0.717, 1.165) is 22.2 Å². The number of nitrogens with zero attached hydrogens (tertiary/aromatic N) is 4. The fourth-order valence-electron chi connectivity index (χ4n) is 3.58. The number of hydrogen-bond acceptors (Lipinski definition) is 6. The number of benzene rings is 1. The summed E-state index contributed by atoms with van der Waals surface area (Å²) in [7, 11) is 1.65. The van der Waals surface area contributed by atoms with Crippen molar-refractivity contribution in [3.63, 3.8) is 0 Å². The molecule has 1 aromatic carbocycles. The van der Waals surface area contributed by atoms with Crippen LogP contribution in [0.3, 0.4) is 0 Å². The molecule has 27 heavy (non-hydrogen) atoms. The molecule has 1 fully saturated rings. The normalized spacial score (nSPS) is 14.8. The Balaban J connectivity index is 1.48. The molecule has 4 rings (SSSR count). The van der Waals surface area contributed by atoms with Gasteiger partial charge in [-0.1, -0.05) is 24.6 Å². The van der Waals surface area contributed by atoms with Crippen molar-refractivity contribution in [2.45, 2.75) is 56.5 Å². The molecular weight excluding hydrogens is 360 g/mol. The van der Waals surface area contributed by atoms with Crippen LogP contribution >= 0.6 is 11.8 Å². The first-order chi connectivity index (χ1) is 13.2. The summed E-state index contributed by atoms with van der Waals surface area (Å²) in [5.41, 5.74) is 3.27. The smallest absolute Gasteiger partial charge is 0.247 e. The lowest BCUT2D eigenvalue weighted by atomic mass is 10.2. The Kier molecular flexibility index (Phi) is 5.20. The Hall–Kier alpha value is -2.28. The van der Waals surface area contributed by atoms with E-state index in [-0.39, 0.29) is 0 Å². The van der Waals surface area contributed by atoms with Gasteiger partial charge in [0.05, 0.1) is 18.6 Å². The summed E-state index contributed by atoms with van der Waals surface area (Å²) in [6.07, 6.45) is 5.10. The van der Waals surface area contributed by atoms with Gasteiger partial charge in [0.2, 0.25) is 11.8 Å². The minimum atomic E-state index is 0.528.